The van der Waals surface area contributed by atoms with Crippen molar-refractivity contribution in [3.05, 3.63) is 111 Å². The lowest BCUT2D eigenvalue weighted by Gasteiger charge is -1.97. The molecule has 0 N–H and O–H groups in total. The SMILES string of the molecule is O=C(/C=C/c1ccc(-c2cccc(Cl)c2)o1)c1ccc(Cc2ccccc2)s1. The van der Waals surface area contributed by atoms with E-state index in [0.717, 1.165) is 22.6 Å². The Labute approximate surface area is 172 Å². The smallest absolute Gasteiger partial charge is 0.195 e. The van der Waals surface area contributed by atoms with Crippen molar-refractivity contribution in [2.75, 3.05) is 0 Å². The summed E-state index contributed by atoms with van der Waals surface area (Å²) in [5, 5.41) is 0.658. The number of ketones is 1. The summed E-state index contributed by atoms with van der Waals surface area (Å²) in [6, 6.07) is 25.3. The first-order chi connectivity index (χ1) is 13.7. The molecule has 2 nitrogen and oxygen atoms in total. The van der Waals surface area contributed by atoms with E-state index in [2.05, 4.69) is 12.1 Å². The van der Waals surface area contributed by atoms with Gasteiger partial charge in [-0.3, -0.25) is 4.79 Å². The number of rotatable bonds is 6. The molecule has 0 aliphatic heterocycles. The number of hydrogen-bond donors (Lipinski definition) is 0. The van der Waals surface area contributed by atoms with Crippen molar-refractivity contribution in [1.29, 1.82) is 0 Å². The number of carbonyl (C=O) groups is 1. The molecule has 4 aromatic rings. The Kier molecular flexibility index (Phi) is 5.56. The van der Waals surface area contributed by atoms with E-state index in [0.29, 0.717) is 10.8 Å². The fourth-order valence-electron chi connectivity index (χ4n) is 2.88. The van der Waals surface area contributed by atoms with Gasteiger partial charge in [-0.05, 0) is 54.1 Å². The van der Waals surface area contributed by atoms with Gasteiger partial charge in [0.25, 0.3) is 0 Å². The van der Waals surface area contributed by atoms with Gasteiger partial charge < -0.3 is 4.42 Å². The standard InChI is InChI=1S/C24H17ClO2S/c25-19-8-4-7-18(16-19)23-13-10-20(27-23)9-12-22(26)24-14-11-21(28-24)15-17-5-2-1-3-6-17/h1-14,16H,15H2/b12-9+. The van der Waals surface area contributed by atoms with Crippen LogP contribution in [0.15, 0.2) is 89.4 Å². The molecule has 0 radical (unpaired) electrons. The molecule has 0 spiro atoms. The third-order valence-electron chi connectivity index (χ3n) is 4.26. The maximum absolute atomic E-state index is 12.5. The van der Waals surface area contributed by atoms with Gasteiger partial charge in [0, 0.05) is 21.9 Å². The van der Waals surface area contributed by atoms with Crippen molar-refractivity contribution in [2.24, 2.45) is 0 Å². The number of halogens is 1. The van der Waals surface area contributed by atoms with Crippen LogP contribution in [0.5, 0.6) is 0 Å². The van der Waals surface area contributed by atoms with Crippen molar-refractivity contribution in [1.82, 2.24) is 0 Å². The van der Waals surface area contributed by atoms with E-state index >= 15 is 0 Å². The Morgan fingerprint density at radius 3 is 2.64 bits per heavy atom. The van der Waals surface area contributed by atoms with Crippen molar-refractivity contribution in [3.8, 4) is 11.3 Å². The Morgan fingerprint density at radius 2 is 1.82 bits per heavy atom. The maximum Gasteiger partial charge on any atom is 0.195 e. The van der Waals surface area contributed by atoms with Crippen LogP contribution in [0.4, 0.5) is 0 Å². The van der Waals surface area contributed by atoms with Crippen molar-refractivity contribution < 1.29 is 9.21 Å². The zero-order valence-corrected chi connectivity index (χ0v) is 16.5. The molecular formula is C24H17ClO2S. The van der Waals surface area contributed by atoms with Crippen LogP contribution in [0.25, 0.3) is 17.4 Å². The third-order valence-corrected chi connectivity index (χ3v) is 5.60. The summed E-state index contributed by atoms with van der Waals surface area (Å²) in [7, 11) is 0. The average Bonchev–Trinajstić information content (AvgIpc) is 3.37. The predicted molar refractivity (Wildman–Crippen MR) is 116 cm³/mol. The minimum Gasteiger partial charge on any atom is -0.457 e. The van der Waals surface area contributed by atoms with Gasteiger partial charge in [0.05, 0.1) is 4.88 Å². The van der Waals surface area contributed by atoms with Gasteiger partial charge in [0.1, 0.15) is 11.5 Å². The molecule has 0 saturated heterocycles. The molecule has 0 fully saturated rings. The number of hydrogen-bond acceptors (Lipinski definition) is 3. The molecule has 0 bridgehead atoms. The Morgan fingerprint density at radius 1 is 0.964 bits per heavy atom. The summed E-state index contributed by atoms with van der Waals surface area (Å²) < 4.78 is 5.80. The first kappa shape index (κ1) is 18.5. The molecule has 0 saturated carbocycles. The Balaban J connectivity index is 1.43. The number of furan rings is 1. The highest BCUT2D eigenvalue weighted by Crippen LogP contribution is 2.26. The lowest BCUT2D eigenvalue weighted by molar-refractivity contribution is 0.105. The van der Waals surface area contributed by atoms with E-state index < -0.39 is 0 Å². The fraction of sp³-hybridized carbons (Fsp3) is 0.0417. The molecule has 0 aliphatic rings. The van der Waals surface area contributed by atoms with Crippen LogP contribution in [-0.2, 0) is 6.42 Å². The average molecular weight is 405 g/mol. The molecule has 28 heavy (non-hydrogen) atoms. The van der Waals surface area contributed by atoms with Crippen LogP contribution >= 0.6 is 22.9 Å². The molecule has 0 aliphatic carbocycles. The quantitative estimate of drug-likeness (QED) is 0.252. The molecule has 4 rings (SSSR count). The number of carbonyl (C=O) groups excluding carboxylic acids is 1. The van der Waals surface area contributed by atoms with Crippen LogP contribution in [0.1, 0.15) is 25.9 Å². The largest absolute Gasteiger partial charge is 0.457 e. The van der Waals surface area contributed by atoms with Gasteiger partial charge >= 0.3 is 0 Å². The molecule has 2 aromatic carbocycles. The Hall–Kier alpha value is -2.88. The van der Waals surface area contributed by atoms with E-state index in [4.69, 9.17) is 16.0 Å². The maximum atomic E-state index is 12.5. The summed E-state index contributed by atoms with van der Waals surface area (Å²) in [5.41, 5.74) is 2.14. The molecule has 0 atom stereocenters. The predicted octanol–water partition coefficient (Wildman–Crippen LogP) is 7.15. The molecule has 2 heterocycles. The van der Waals surface area contributed by atoms with Gasteiger partial charge in [-0.1, -0.05) is 54.1 Å². The molecule has 0 unspecified atom stereocenters. The van der Waals surface area contributed by atoms with Crippen LogP contribution in [0, 0.1) is 0 Å². The van der Waals surface area contributed by atoms with Gasteiger partial charge in [-0.15, -0.1) is 11.3 Å². The number of benzene rings is 2. The highest BCUT2D eigenvalue weighted by atomic mass is 35.5. The van der Waals surface area contributed by atoms with Crippen molar-refractivity contribution >= 4 is 34.8 Å². The van der Waals surface area contributed by atoms with E-state index in [1.165, 1.54) is 21.8 Å². The summed E-state index contributed by atoms with van der Waals surface area (Å²) in [6.45, 7) is 0. The van der Waals surface area contributed by atoms with Crippen LogP contribution in [-0.4, -0.2) is 5.78 Å². The second kappa shape index (κ2) is 8.42. The lowest BCUT2D eigenvalue weighted by Crippen LogP contribution is -1.88. The second-order valence-electron chi connectivity index (χ2n) is 6.34. The fourth-order valence-corrected chi connectivity index (χ4v) is 4.03. The summed E-state index contributed by atoms with van der Waals surface area (Å²) in [4.78, 5) is 14.4. The van der Waals surface area contributed by atoms with Crippen molar-refractivity contribution in [3.63, 3.8) is 0 Å². The minimum absolute atomic E-state index is 0.0231. The molecule has 4 heteroatoms. The van der Waals surface area contributed by atoms with Gasteiger partial charge in [0.2, 0.25) is 0 Å². The summed E-state index contributed by atoms with van der Waals surface area (Å²) >= 11 is 7.55. The van der Waals surface area contributed by atoms with E-state index in [-0.39, 0.29) is 5.78 Å². The Bertz CT molecular complexity index is 1120. The zero-order chi connectivity index (χ0) is 19.3. The number of thiophene rings is 1. The van der Waals surface area contributed by atoms with Crippen LogP contribution in [0.2, 0.25) is 5.02 Å². The van der Waals surface area contributed by atoms with Gasteiger partial charge in [-0.2, -0.15) is 0 Å². The first-order valence-electron chi connectivity index (χ1n) is 8.88. The highest BCUT2D eigenvalue weighted by molar-refractivity contribution is 7.14. The van der Waals surface area contributed by atoms with Crippen LogP contribution in [0.3, 0.4) is 0 Å². The lowest BCUT2D eigenvalue weighted by atomic mass is 10.1. The number of allylic oxidation sites excluding steroid dienone is 1. The topological polar surface area (TPSA) is 30.2 Å². The molecule has 138 valence electrons. The third kappa shape index (κ3) is 4.50. The highest BCUT2D eigenvalue weighted by Gasteiger charge is 2.08. The monoisotopic (exact) mass is 404 g/mol. The second-order valence-corrected chi connectivity index (χ2v) is 7.94. The minimum atomic E-state index is -0.0231. The van der Waals surface area contributed by atoms with E-state index in [1.807, 2.05) is 66.7 Å². The molecule has 0 amide bonds. The normalized spacial score (nSPS) is 11.2. The van der Waals surface area contributed by atoms with Crippen molar-refractivity contribution in [2.45, 2.75) is 6.42 Å². The summed E-state index contributed by atoms with van der Waals surface area (Å²) in [5.74, 6) is 1.32. The van der Waals surface area contributed by atoms with E-state index in [9.17, 15) is 4.79 Å². The summed E-state index contributed by atoms with van der Waals surface area (Å²) in [6.07, 6.45) is 4.09. The van der Waals surface area contributed by atoms with Crippen LogP contribution < -0.4 is 0 Å². The van der Waals surface area contributed by atoms with Gasteiger partial charge in [0.15, 0.2) is 5.78 Å². The zero-order valence-electron chi connectivity index (χ0n) is 15.0. The van der Waals surface area contributed by atoms with Gasteiger partial charge in [-0.25, -0.2) is 0 Å². The van der Waals surface area contributed by atoms with E-state index in [1.54, 1.807) is 12.2 Å². The molecule has 2 aromatic heterocycles. The molecular weight excluding hydrogens is 388 g/mol. The first-order valence-corrected chi connectivity index (χ1v) is 10.1.